The van der Waals surface area contributed by atoms with Gasteiger partial charge in [-0.1, -0.05) is 18.2 Å². The summed E-state index contributed by atoms with van der Waals surface area (Å²) >= 11 is 0. The van der Waals surface area contributed by atoms with Gasteiger partial charge >= 0.3 is 12.0 Å². The van der Waals surface area contributed by atoms with E-state index in [9.17, 15) is 36.7 Å². The zero-order chi connectivity index (χ0) is 27.1. The zero-order valence-corrected chi connectivity index (χ0v) is 19.3. The second-order valence-corrected chi connectivity index (χ2v) is 8.27. The van der Waals surface area contributed by atoms with Crippen LogP contribution in [0.15, 0.2) is 36.4 Å². The maximum Gasteiger partial charge on any atom is 0.321 e. The molecule has 3 amide bonds. The molecule has 0 spiro atoms. The number of hydrogen-bond acceptors (Lipinski definition) is 5. The van der Waals surface area contributed by atoms with Crippen molar-refractivity contribution in [2.75, 3.05) is 25.0 Å². The van der Waals surface area contributed by atoms with Crippen molar-refractivity contribution in [1.29, 1.82) is 0 Å². The van der Waals surface area contributed by atoms with Gasteiger partial charge in [-0.05, 0) is 25.0 Å². The summed E-state index contributed by atoms with van der Waals surface area (Å²) in [6.45, 7) is -0.713. The number of hydrogen-bond donors (Lipinski definition) is 3. The summed E-state index contributed by atoms with van der Waals surface area (Å²) in [5.41, 5.74) is 0.602. The van der Waals surface area contributed by atoms with Crippen molar-refractivity contribution < 1.29 is 46.6 Å². The Labute approximate surface area is 208 Å². The molecule has 3 N–H and O–H groups in total. The number of aliphatic carboxylic acids is 1. The van der Waals surface area contributed by atoms with Gasteiger partial charge in [0.1, 0.15) is 12.6 Å². The molecule has 1 saturated heterocycles. The number of carbonyl (C=O) groups is 4. The molecule has 0 aliphatic carbocycles. The van der Waals surface area contributed by atoms with Gasteiger partial charge in [-0.25, -0.2) is 13.6 Å². The first-order valence-electron chi connectivity index (χ1n) is 11.2. The van der Waals surface area contributed by atoms with Crippen molar-refractivity contribution in [3.05, 3.63) is 59.7 Å². The Morgan fingerprint density at radius 3 is 2.16 bits per heavy atom. The van der Waals surface area contributed by atoms with Crippen LogP contribution >= 0.6 is 0 Å². The lowest BCUT2D eigenvalue weighted by atomic mass is 9.95. The third kappa shape index (κ3) is 7.18. The molecule has 1 aliphatic rings. The Kier molecular flexibility index (Phi) is 9.04. The first-order chi connectivity index (χ1) is 17.6. The van der Waals surface area contributed by atoms with Gasteiger partial charge < -0.3 is 25.4 Å². The number of ketones is 1. The van der Waals surface area contributed by atoms with Crippen LogP contribution in [0.3, 0.4) is 0 Å². The number of carbonyl (C=O) groups excluding carboxylic acids is 3. The van der Waals surface area contributed by atoms with Crippen LogP contribution in [-0.2, 0) is 14.4 Å². The monoisotopic (exact) mass is 525 g/mol. The van der Waals surface area contributed by atoms with Crippen LogP contribution < -0.4 is 15.4 Å². The Morgan fingerprint density at radius 1 is 1.00 bits per heavy atom. The van der Waals surface area contributed by atoms with Crippen molar-refractivity contribution in [2.24, 2.45) is 5.92 Å². The van der Waals surface area contributed by atoms with Crippen molar-refractivity contribution >= 4 is 29.4 Å². The molecule has 9 nitrogen and oxygen atoms in total. The number of urea groups is 1. The predicted octanol–water partition coefficient (Wildman–Crippen LogP) is 3.09. The summed E-state index contributed by atoms with van der Waals surface area (Å²) in [6, 6.07) is 6.73. The van der Waals surface area contributed by atoms with Crippen molar-refractivity contribution in [3.63, 3.8) is 0 Å². The van der Waals surface area contributed by atoms with Gasteiger partial charge in [0, 0.05) is 30.8 Å². The molecule has 2 aromatic carbocycles. The molecule has 13 heteroatoms. The van der Waals surface area contributed by atoms with Crippen molar-refractivity contribution in [2.45, 2.75) is 25.3 Å². The van der Waals surface area contributed by atoms with E-state index in [0.717, 1.165) is 0 Å². The van der Waals surface area contributed by atoms with Gasteiger partial charge in [0.05, 0.1) is 6.42 Å². The molecule has 0 unspecified atom stereocenters. The van der Waals surface area contributed by atoms with Crippen molar-refractivity contribution in [1.82, 2.24) is 10.2 Å². The Hall–Kier alpha value is -4.16. The summed E-state index contributed by atoms with van der Waals surface area (Å²) < 4.78 is 58.8. The fraction of sp³-hybridized carbons (Fsp3) is 0.333. The van der Waals surface area contributed by atoms with Gasteiger partial charge in [0.25, 0.3) is 0 Å². The van der Waals surface area contributed by atoms with Crippen LogP contribution in [0.1, 0.15) is 19.3 Å². The highest BCUT2D eigenvalue weighted by atomic mass is 19.2. The van der Waals surface area contributed by atoms with Gasteiger partial charge in [0.2, 0.25) is 17.5 Å². The van der Waals surface area contributed by atoms with Crippen molar-refractivity contribution in [3.8, 4) is 5.75 Å². The lowest BCUT2D eigenvalue weighted by Gasteiger charge is -2.32. The number of ether oxygens (including phenoxy) is 1. The summed E-state index contributed by atoms with van der Waals surface area (Å²) in [5, 5.41) is 14.1. The van der Waals surface area contributed by atoms with Crippen LogP contribution in [0, 0.1) is 29.2 Å². The highest BCUT2D eigenvalue weighted by molar-refractivity contribution is 5.93. The standard InChI is InChI=1S/C24H23F4N3O6/c25-15-10-16(26)21(28)22(20(15)27)37-12-18(32)17(11-19(33)34)30-23(35)13-6-8-31(9-7-13)24(36)29-14-4-2-1-3-5-14/h1-5,10,13,17H,6-9,11-12H2,(H,29,36)(H,30,35)(H,33,34)/t17-/m0/s1. The fourth-order valence-electron chi connectivity index (χ4n) is 3.70. The molecule has 3 rings (SSSR count). The minimum atomic E-state index is -1.87. The highest BCUT2D eigenvalue weighted by Gasteiger charge is 2.32. The molecular formula is C24H23F4N3O6. The second kappa shape index (κ2) is 12.2. The number of nitrogens with one attached hydrogen (secondary N) is 2. The van der Waals surface area contributed by atoms with Gasteiger partial charge in [-0.2, -0.15) is 8.78 Å². The average Bonchev–Trinajstić information content (AvgIpc) is 2.87. The lowest BCUT2D eigenvalue weighted by Crippen LogP contribution is -2.49. The molecule has 0 saturated carbocycles. The summed E-state index contributed by atoms with van der Waals surface area (Å²) in [7, 11) is 0. The van der Waals surface area contributed by atoms with Gasteiger partial charge in [-0.3, -0.25) is 14.4 Å². The zero-order valence-electron chi connectivity index (χ0n) is 19.3. The second-order valence-electron chi connectivity index (χ2n) is 8.27. The largest absolute Gasteiger partial charge is 0.481 e. The Bertz CT molecular complexity index is 1150. The number of Topliss-reactive ketones (excluding diaryl/α,β-unsaturated/α-hetero) is 1. The number of piperidine rings is 1. The number of carboxylic acid groups (broad SMARTS) is 1. The number of para-hydroxylation sites is 1. The molecule has 1 aliphatic heterocycles. The van der Waals surface area contributed by atoms with E-state index in [0.29, 0.717) is 5.69 Å². The number of halogens is 4. The Balaban J connectivity index is 1.56. The van der Waals surface area contributed by atoms with E-state index < -0.39 is 71.7 Å². The van der Waals surface area contributed by atoms with Crippen LogP contribution in [0.5, 0.6) is 5.75 Å². The molecule has 37 heavy (non-hydrogen) atoms. The van der Waals surface area contributed by atoms with E-state index in [1.54, 1.807) is 30.3 Å². The van der Waals surface area contributed by atoms with Crippen LogP contribution in [-0.4, -0.2) is 59.4 Å². The molecule has 198 valence electrons. The maximum absolute atomic E-state index is 13.8. The quantitative estimate of drug-likeness (QED) is 0.341. The number of anilines is 1. The maximum atomic E-state index is 13.8. The SMILES string of the molecule is O=C(O)C[C@H](NC(=O)C1CCN(C(=O)Nc2ccccc2)CC1)C(=O)COc1c(F)c(F)cc(F)c1F. The number of carboxylic acids is 1. The van der Waals surface area contributed by atoms with E-state index in [4.69, 9.17) is 5.11 Å². The predicted molar refractivity (Wildman–Crippen MR) is 121 cm³/mol. The minimum absolute atomic E-state index is 0.0383. The third-order valence-corrected chi connectivity index (χ3v) is 5.69. The average molecular weight is 525 g/mol. The molecular weight excluding hydrogens is 502 g/mol. The minimum Gasteiger partial charge on any atom is -0.481 e. The summed E-state index contributed by atoms with van der Waals surface area (Å²) in [5.74, 6) is -12.6. The molecule has 0 bridgehead atoms. The van der Waals surface area contributed by atoms with Gasteiger partial charge in [0.15, 0.2) is 23.2 Å². The molecule has 1 atom stereocenters. The highest BCUT2D eigenvalue weighted by Crippen LogP contribution is 2.26. The number of nitrogens with zero attached hydrogens (tertiary/aromatic N) is 1. The van der Waals surface area contributed by atoms with Gasteiger partial charge in [-0.15, -0.1) is 0 Å². The first-order valence-corrected chi connectivity index (χ1v) is 11.2. The van der Waals surface area contributed by atoms with Crippen LogP contribution in [0.2, 0.25) is 0 Å². The topological polar surface area (TPSA) is 125 Å². The molecule has 0 aromatic heterocycles. The lowest BCUT2D eigenvalue weighted by molar-refractivity contribution is -0.141. The Morgan fingerprint density at radius 2 is 1.59 bits per heavy atom. The molecule has 1 heterocycles. The van der Waals surface area contributed by atoms with E-state index in [1.165, 1.54) is 4.90 Å². The summed E-state index contributed by atoms with van der Waals surface area (Å²) in [4.78, 5) is 50.3. The summed E-state index contributed by atoms with van der Waals surface area (Å²) in [6.07, 6.45) is -0.399. The van der Waals surface area contributed by atoms with E-state index >= 15 is 0 Å². The smallest absolute Gasteiger partial charge is 0.321 e. The van der Waals surface area contributed by atoms with Crippen LogP contribution in [0.25, 0.3) is 0 Å². The van der Waals surface area contributed by atoms with E-state index in [-0.39, 0.29) is 38.0 Å². The molecule has 2 aromatic rings. The number of amides is 3. The molecule has 1 fully saturated rings. The normalized spacial score (nSPS) is 14.5. The number of rotatable bonds is 9. The van der Waals surface area contributed by atoms with Crippen LogP contribution in [0.4, 0.5) is 28.0 Å². The van der Waals surface area contributed by atoms with E-state index in [1.807, 2.05) is 0 Å². The number of likely N-dealkylation sites (tertiary alicyclic amines) is 1. The van der Waals surface area contributed by atoms with E-state index in [2.05, 4.69) is 15.4 Å². The first kappa shape index (κ1) is 27.4. The molecule has 0 radical (unpaired) electrons. The number of benzene rings is 2. The third-order valence-electron chi connectivity index (χ3n) is 5.69. The fourth-order valence-corrected chi connectivity index (χ4v) is 3.70.